The van der Waals surface area contributed by atoms with E-state index in [0.29, 0.717) is 12.4 Å². The van der Waals surface area contributed by atoms with E-state index in [1.54, 1.807) is 12.1 Å². The number of hydrogen-bond donors (Lipinski definition) is 0. The van der Waals surface area contributed by atoms with Gasteiger partial charge in [0.05, 0.1) is 19.9 Å². The van der Waals surface area contributed by atoms with Crippen LogP contribution in [0.15, 0.2) is 18.3 Å². The van der Waals surface area contributed by atoms with E-state index in [9.17, 15) is 4.79 Å². The summed E-state index contributed by atoms with van der Waals surface area (Å²) in [5.41, 5.74) is 0.264. The monoisotopic (exact) mass is 325 g/mol. The molecule has 0 aliphatic rings. The Balaban J connectivity index is 2.55. The quantitative estimate of drug-likeness (QED) is 0.590. The Kier molecular flexibility index (Phi) is 6.14. The van der Waals surface area contributed by atoms with Gasteiger partial charge in [0, 0.05) is 0 Å². The van der Waals surface area contributed by atoms with Gasteiger partial charge in [0.15, 0.2) is 8.32 Å². The van der Waals surface area contributed by atoms with Crippen molar-refractivity contribution in [3.63, 3.8) is 0 Å². The van der Waals surface area contributed by atoms with Crippen LogP contribution in [0.2, 0.25) is 18.1 Å². The molecular weight excluding hydrogens is 298 g/mol. The number of hydrogen-bond acceptors (Lipinski definition) is 5. The molecule has 6 heteroatoms. The molecule has 1 aromatic heterocycles. The maximum atomic E-state index is 11.3. The molecule has 0 saturated heterocycles. The summed E-state index contributed by atoms with van der Waals surface area (Å²) < 4.78 is 16.5. The van der Waals surface area contributed by atoms with E-state index in [1.165, 1.54) is 13.3 Å². The zero-order valence-corrected chi connectivity index (χ0v) is 15.6. The lowest BCUT2D eigenvalue weighted by Gasteiger charge is -2.36. The molecule has 0 aromatic carbocycles. The number of pyridine rings is 1. The maximum Gasteiger partial charge on any atom is 0.356 e. The second kappa shape index (κ2) is 7.24. The molecule has 22 heavy (non-hydrogen) atoms. The minimum absolute atomic E-state index is 0.0834. The Morgan fingerprint density at radius 3 is 2.41 bits per heavy atom. The predicted molar refractivity (Wildman–Crippen MR) is 88.8 cm³/mol. The van der Waals surface area contributed by atoms with Crippen molar-refractivity contribution in [2.75, 3.05) is 13.7 Å². The number of carbonyl (C=O) groups excluding carboxylic acids is 1. The molecule has 5 nitrogen and oxygen atoms in total. The zero-order valence-electron chi connectivity index (χ0n) is 14.6. The summed E-state index contributed by atoms with van der Waals surface area (Å²) in [6, 6.07) is 3.30. The summed E-state index contributed by atoms with van der Waals surface area (Å²) in [5.74, 6) is 0.153. The Labute approximate surface area is 134 Å². The van der Waals surface area contributed by atoms with Gasteiger partial charge in [-0.3, -0.25) is 0 Å². The summed E-state index contributed by atoms with van der Waals surface area (Å²) in [5, 5.41) is 0.177. The average Bonchev–Trinajstić information content (AvgIpc) is 2.44. The van der Waals surface area contributed by atoms with Crippen molar-refractivity contribution in [3.05, 3.63) is 24.0 Å². The van der Waals surface area contributed by atoms with Crippen LogP contribution in [0, 0.1) is 0 Å². The Morgan fingerprint density at radius 2 is 1.95 bits per heavy atom. The van der Waals surface area contributed by atoms with Crippen molar-refractivity contribution >= 4 is 14.3 Å². The molecule has 1 aromatic rings. The number of methoxy groups -OCH3 is 1. The number of carbonyl (C=O) groups is 1. The highest BCUT2D eigenvalue weighted by atomic mass is 28.4. The SMILES string of the molecule is COC(=O)c1ccc(OC(C)CO[Si](C)(C)C(C)(C)C)cn1. The summed E-state index contributed by atoms with van der Waals surface area (Å²) in [4.78, 5) is 15.3. The van der Waals surface area contributed by atoms with Gasteiger partial charge in [0.1, 0.15) is 17.5 Å². The highest BCUT2D eigenvalue weighted by molar-refractivity contribution is 6.74. The number of rotatable bonds is 6. The molecule has 1 rings (SSSR count). The minimum Gasteiger partial charge on any atom is -0.487 e. The summed E-state index contributed by atoms with van der Waals surface area (Å²) in [7, 11) is -0.442. The fourth-order valence-corrected chi connectivity index (χ4v) is 2.57. The highest BCUT2D eigenvalue weighted by Crippen LogP contribution is 2.36. The molecule has 0 aliphatic carbocycles. The van der Waals surface area contributed by atoms with Crippen LogP contribution in [0.1, 0.15) is 38.2 Å². The highest BCUT2D eigenvalue weighted by Gasteiger charge is 2.37. The van der Waals surface area contributed by atoms with Gasteiger partial charge in [0.25, 0.3) is 0 Å². The first-order valence-electron chi connectivity index (χ1n) is 7.42. The van der Waals surface area contributed by atoms with E-state index < -0.39 is 14.3 Å². The molecule has 0 fully saturated rings. The fourth-order valence-electron chi connectivity index (χ4n) is 1.48. The first kappa shape index (κ1) is 18.6. The van der Waals surface area contributed by atoms with E-state index in [0.717, 1.165) is 0 Å². The van der Waals surface area contributed by atoms with Gasteiger partial charge in [-0.25, -0.2) is 9.78 Å². The smallest absolute Gasteiger partial charge is 0.356 e. The normalized spacial score (nSPS) is 13.6. The number of esters is 1. The van der Waals surface area contributed by atoms with E-state index in [1.807, 2.05) is 6.92 Å². The van der Waals surface area contributed by atoms with Crippen LogP contribution in [0.25, 0.3) is 0 Å². The Hall–Kier alpha value is -1.40. The minimum atomic E-state index is -1.77. The van der Waals surface area contributed by atoms with E-state index in [2.05, 4.69) is 43.6 Å². The standard InChI is InChI=1S/C16H27NO4Si/c1-12(11-20-22(6,7)16(2,3)4)21-13-8-9-14(17-10-13)15(18)19-5/h8-10,12H,11H2,1-7H3. The fraction of sp³-hybridized carbons (Fsp3) is 0.625. The molecule has 0 spiro atoms. The Morgan fingerprint density at radius 1 is 1.32 bits per heavy atom. The summed E-state index contributed by atoms with van der Waals surface area (Å²) in [6.45, 7) is 13.6. The molecule has 0 saturated carbocycles. The van der Waals surface area contributed by atoms with Gasteiger partial charge in [-0.1, -0.05) is 20.8 Å². The van der Waals surface area contributed by atoms with Crippen LogP contribution in [0.3, 0.4) is 0 Å². The Bertz CT molecular complexity index is 494. The molecule has 0 amide bonds. The molecule has 0 bridgehead atoms. The van der Waals surface area contributed by atoms with Crippen LogP contribution < -0.4 is 4.74 Å². The van der Waals surface area contributed by atoms with E-state index >= 15 is 0 Å². The van der Waals surface area contributed by atoms with Gasteiger partial charge in [-0.15, -0.1) is 0 Å². The van der Waals surface area contributed by atoms with Gasteiger partial charge in [-0.2, -0.15) is 0 Å². The molecule has 0 radical (unpaired) electrons. The molecule has 0 aliphatic heterocycles. The number of nitrogens with zero attached hydrogens (tertiary/aromatic N) is 1. The van der Waals surface area contributed by atoms with Crippen molar-refractivity contribution < 1.29 is 18.7 Å². The lowest BCUT2D eigenvalue weighted by Crippen LogP contribution is -2.43. The lowest BCUT2D eigenvalue weighted by atomic mass is 10.2. The number of aromatic nitrogens is 1. The van der Waals surface area contributed by atoms with Crippen LogP contribution in [-0.4, -0.2) is 39.1 Å². The molecule has 0 N–H and O–H groups in total. The molecule has 1 heterocycles. The van der Waals surface area contributed by atoms with Crippen molar-refractivity contribution in [1.82, 2.24) is 4.98 Å². The van der Waals surface area contributed by atoms with Crippen LogP contribution in [0.5, 0.6) is 5.75 Å². The van der Waals surface area contributed by atoms with Crippen LogP contribution in [0.4, 0.5) is 0 Å². The van der Waals surface area contributed by atoms with Gasteiger partial charge in [0.2, 0.25) is 0 Å². The third-order valence-corrected chi connectivity index (χ3v) is 8.45. The van der Waals surface area contributed by atoms with Crippen LogP contribution >= 0.6 is 0 Å². The summed E-state index contributed by atoms with van der Waals surface area (Å²) >= 11 is 0. The average molecular weight is 325 g/mol. The van der Waals surface area contributed by atoms with Crippen molar-refractivity contribution in [2.45, 2.75) is 51.9 Å². The lowest BCUT2D eigenvalue weighted by molar-refractivity contribution is 0.0593. The van der Waals surface area contributed by atoms with Crippen molar-refractivity contribution in [1.29, 1.82) is 0 Å². The molecule has 1 atom stereocenters. The largest absolute Gasteiger partial charge is 0.487 e. The first-order chi connectivity index (χ1) is 10.1. The van der Waals surface area contributed by atoms with Gasteiger partial charge >= 0.3 is 5.97 Å². The van der Waals surface area contributed by atoms with E-state index in [-0.39, 0.29) is 16.8 Å². The van der Waals surface area contributed by atoms with Crippen molar-refractivity contribution in [3.8, 4) is 5.75 Å². The van der Waals surface area contributed by atoms with Gasteiger partial charge < -0.3 is 13.9 Å². The third-order valence-electron chi connectivity index (χ3n) is 3.95. The third kappa shape index (κ3) is 5.10. The topological polar surface area (TPSA) is 57.7 Å². The second-order valence-corrected chi connectivity index (χ2v) is 11.7. The maximum absolute atomic E-state index is 11.3. The van der Waals surface area contributed by atoms with Crippen LogP contribution in [-0.2, 0) is 9.16 Å². The van der Waals surface area contributed by atoms with Gasteiger partial charge in [-0.05, 0) is 37.2 Å². The summed E-state index contributed by atoms with van der Waals surface area (Å²) in [6.07, 6.45) is 1.44. The second-order valence-electron chi connectivity index (χ2n) is 6.87. The first-order valence-corrected chi connectivity index (χ1v) is 10.3. The number of ether oxygens (including phenoxy) is 2. The van der Waals surface area contributed by atoms with Crippen molar-refractivity contribution in [2.24, 2.45) is 0 Å². The molecule has 1 unspecified atom stereocenters. The molecule has 124 valence electrons. The zero-order chi connectivity index (χ0) is 17.0. The van der Waals surface area contributed by atoms with E-state index in [4.69, 9.17) is 9.16 Å². The predicted octanol–water partition coefficient (Wildman–Crippen LogP) is 3.66. The molecular formula is C16H27NO4Si.